The van der Waals surface area contributed by atoms with Gasteiger partial charge in [0.2, 0.25) is 0 Å². The highest BCUT2D eigenvalue weighted by molar-refractivity contribution is 9.08. The van der Waals surface area contributed by atoms with Crippen LogP contribution >= 0.6 is 15.9 Å². The van der Waals surface area contributed by atoms with Crippen molar-refractivity contribution in [3.05, 3.63) is 63.2 Å². The van der Waals surface area contributed by atoms with Gasteiger partial charge in [0.1, 0.15) is 11.5 Å². The molecule has 0 atom stereocenters. The van der Waals surface area contributed by atoms with Crippen molar-refractivity contribution in [3.63, 3.8) is 0 Å². The number of nitro groups is 1. The maximum Gasteiger partial charge on any atom is 0.416 e. The van der Waals surface area contributed by atoms with E-state index in [2.05, 4.69) is 15.9 Å². The van der Waals surface area contributed by atoms with Crippen molar-refractivity contribution >= 4 is 27.6 Å². The fourth-order valence-electron chi connectivity index (χ4n) is 2.37. The lowest BCUT2D eigenvalue weighted by molar-refractivity contribution is -0.384. The molecule has 0 saturated heterocycles. The van der Waals surface area contributed by atoms with Crippen molar-refractivity contribution in [2.24, 2.45) is 0 Å². The summed E-state index contributed by atoms with van der Waals surface area (Å²) in [5, 5.41) is 11.1. The molecule has 2 aromatic carbocycles. The third-order valence-corrected chi connectivity index (χ3v) is 4.18. The van der Waals surface area contributed by atoms with Gasteiger partial charge < -0.3 is 9.47 Å². The summed E-state index contributed by atoms with van der Waals surface area (Å²) in [6.45, 7) is 1.70. The monoisotopic (exact) mass is 461 g/mol. The van der Waals surface area contributed by atoms with E-state index in [4.69, 9.17) is 9.47 Å². The van der Waals surface area contributed by atoms with E-state index in [9.17, 15) is 28.1 Å². The highest BCUT2D eigenvalue weighted by Gasteiger charge is 2.32. The molecule has 0 bridgehead atoms. The lowest BCUT2D eigenvalue weighted by atomic mass is 10.1. The Balaban J connectivity index is 2.41. The van der Waals surface area contributed by atoms with E-state index >= 15 is 0 Å². The van der Waals surface area contributed by atoms with Crippen molar-refractivity contribution in [2.75, 3.05) is 6.61 Å². The summed E-state index contributed by atoms with van der Waals surface area (Å²) >= 11 is 3.17. The number of alkyl halides is 4. The Bertz CT molecular complexity index is 886. The molecule has 6 nitrogen and oxygen atoms in total. The van der Waals surface area contributed by atoms with Crippen molar-refractivity contribution in [2.45, 2.75) is 24.9 Å². The maximum atomic E-state index is 13.2. The Morgan fingerprint density at radius 3 is 2.50 bits per heavy atom. The number of halogens is 4. The van der Waals surface area contributed by atoms with E-state index in [0.29, 0.717) is 5.56 Å². The molecule has 28 heavy (non-hydrogen) atoms. The molecule has 0 fully saturated rings. The van der Waals surface area contributed by atoms with E-state index < -0.39 is 22.6 Å². The maximum absolute atomic E-state index is 13.2. The Morgan fingerprint density at radius 2 is 1.93 bits per heavy atom. The van der Waals surface area contributed by atoms with Crippen LogP contribution in [0.3, 0.4) is 0 Å². The molecular weight excluding hydrogens is 447 g/mol. The zero-order valence-corrected chi connectivity index (χ0v) is 16.2. The second-order valence-electron chi connectivity index (χ2n) is 5.63. The Kier molecular flexibility index (Phi) is 7.00. The van der Waals surface area contributed by atoms with Gasteiger partial charge >= 0.3 is 12.1 Å². The van der Waals surface area contributed by atoms with Crippen molar-refractivity contribution in [1.29, 1.82) is 0 Å². The van der Waals surface area contributed by atoms with Crippen molar-refractivity contribution in [1.82, 2.24) is 0 Å². The number of carbonyl (C=O) groups is 1. The van der Waals surface area contributed by atoms with Crippen LogP contribution in [0.25, 0.3) is 0 Å². The summed E-state index contributed by atoms with van der Waals surface area (Å²) in [5.74, 6) is -0.654. The first kappa shape index (κ1) is 21.7. The third kappa shape index (κ3) is 5.69. The van der Waals surface area contributed by atoms with Gasteiger partial charge in [0.15, 0.2) is 0 Å². The molecule has 0 heterocycles. The first-order valence-corrected chi connectivity index (χ1v) is 9.14. The van der Waals surface area contributed by atoms with Crippen LogP contribution in [0, 0.1) is 10.1 Å². The SMILES string of the molecule is CCOC(=O)Cc1cc(Oc2ccc([N+](=O)[O-])cc2CBr)cc(C(F)(F)F)c1. The van der Waals surface area contributed by atoms with Gasteiger partial charge in [-0.05, 0) is 36.8 Å². The molecule has 0 spiro atoms. The van der Waals surface area contributed by atoms with Crippen LogP contribution in [0.2, 0.25) is 0 Å². The fraction of sp³-hybridized carbons (Fsp3) is 0.278. The second kappa shape index (κ2) is 9.05. The molecule has 0 amide bonds. The molecule has 0 aliphatic carbocycles. The average molecular weight is 462 g/mol. The average Bonchev–Trinajstić information content (AvgIpc) is 2.61. The van der Waals surface area contributed by atoms with Gasteiger partial charge in [0.05, 0.1) is 23.5 Å². The van der Waals surface area contributed by atoms with Crippen molar-refractivity contribution in [3.8, 4) is 11.5 Å². The zero-order valence-electron chi connectivity index (χ0n) is 14.6. The Hall–Kier alpha value is -2.62. The number of carbonyl (C=O) groups excluding carboxylic acids is 1. The molecule has 0 N–H and O–H groups in total. The number of nitrogens with zero attached hydrogens (tertiary/aromatic N) is 1. The van der Waals surface area contributed by atoms with Crippen molar-refractivity contribution < 1.29 is 32.4 Å². The summed E-state index contributed by atoms with van der Waals surface area (Å²) in [7, 11) is 0. The van der Waals surface area contributed by atoms with E-state index in [0.717, 1.165) is 12.1 Å². The summed E-state index contributed by atoms with van der Waals surface area (Å²) in [4.78, 5) is 21.9. The summed E-state index contributed by atoms with van der Waals surface area (Å²) < 4.78 is 49.9. The first-order chi connectivity index (χ1) is 13.1. The van der Waals surface area contributed by atoms with Crippen LogP contribution < -0.4 is 4.74 Å². The van der Waals surface area contributed by atoms with E-state index in [1.807, 2.05) is 0 Å². The molecule has 10 heteroatoms. The Morgan fingerprint density at radius 1 is 1.21 bits per heavy atom. The van der Waals surface area contributed by atoms with E-state index in [-0.39, 0.29) is 41.1 Å². The second-order valence-corrected chi connectivity index (χ2v) is 6.19. The van der Waals surface area contributed by atoms with Gasteiger partial charge in [-0.3, -0.25) is 14.9 Å². The van der Waals surface area contributed by atoms with Gasteiger partial charge in [0, 0.05) is 23.0 Å². The molecule has 0 aliphatic heterocycles. The number of nitro benzene ring substituents is 1. The normalized spacial score (nSPS) is 11.2. The minimum Gasteiger partial charge on any atom is -0.466 e. The molecule has 0 aromatic heterocycles. The van der Waals surface area contributed by atoms with Gasteiger partial charge in [0.25, 0.3) is 5.69 Å². The molecule has 150 valence electrons. The van der Waals surface area contributed by atoms with E-state index in [1.54, 1.807) is 6.92 Å². The predicted octanol–water partition coefficient (Wildman–Crippen LogP) is 5.41. The molecule has 0 aliphatic rings. The van der Waals surface area contributed by atoms with Crippen LogP contribution in [0.5, 0.6) is 11.5 Å². The van der Waals surface area contributed by atoms with Crippen LogP contribution in [0.15, 0.2) is 36.4 Å². The van der Waals surface area contributed by atoms with Crippen LogP contribution in [0.4, 0.5) is 18.9 Å². The molecule has 0 saturated carbocycles. The van der Waals surface area contributed by atoms with Gasteiger partial charge in [-0.15, -0.1) is 0 Å². The summed E-state index contributed by atoms with van der Waals surface area (Å²) in [6, 6.07) is 6.70. The minimum absolute atomic E-state index is 0.0746. The summed E-state index contributed by atoms with van der Waals surface area (Å²) in [6.07, 6.45) is -4.99. The third-order valence-electron chi connectivity index (χ3n) is 3.57. The highest BCUT2D eigenvalue weighted by Crippen LogP contribution is 2.36. The number of ether oxygens (including phenoxy) is 2. The number of esters is 1. The zero-order chi connectivity index (χ0) is 20.9. The van der Waals surface area contributed by atoms with Crippen LogP contribution in [-0.4, -0.2) is 17.5 Å². The molecule has 2 rings (SSSR count). The number of benzene rings is 2. The largest absolute Gasteiger partial charge is 0.466 e. The van der Waals surface area contributed by atoms with Crippen LogP contribution in [-0.2, 0) is 27.5 Å². The minimum atomic E-state index is -4.64. The van der Waals surface area contributed by atoms with Gasteiger partial charge in [-0.1, -0.05) is 15.9 Å². The first-order valence-electron chi connectivity index (χ1n) is 8.02. The predicted molar refractivity (Wildman–Crippen MR) is 97.6 cm³/mol. The molecule has 0 unspecified atom stereocenters. The van der Waals surface area contributed by atoms with Gasteiger partial charge in [-0.2, -0.15) is 13.2 Å². The van der Waals surface area contributed by atoms with E-state index in [1.165, 1.54) is 24.3 Å². The lowest BCUT2D eigenvalue weighted by Gasteiger charge is -2.14. The standard InChI is InChI=1S/C18H15BrF3NO5/c1-2-27-17(24)7-11-5-13(18(20,21)22)9-15(6-11)28-16-4-3-14(23(25)26)8-12(16)10-19/h3-6,8-9H,2,7,10H2,1H3. The smallest absolute Gasteiger partial charge is 0.416 e. The summed E-state index contributed by atoms with van der Waals surface area (Å²) in [5.41, 5.74) is -0.690. The Labute approximate surface area is 166 Å². The number of non-ortho nitro benzene ring substituents is 1. The quantitative estimate of drug-likeness (QED) is 0.238. The molecule has 2 aromatic rings. The highest BCUT2D eigenvalue weighted by atomic mass is 79.9. The number of rotatable bonds is 7. The lowest BCUT2D eigenvalue weighted by Crippen LogP contribution is -2.10. The molecular formula is C18H15BrF3NO5. The van der Waals surface area contributed by atoms with Gasteiger partial charge in [-0.25, -0.2) is 0 Å². The topological polar surface area (TPSA) is 78.7 Å². The fourth-order valence-corrected chi connectivity index (χ4v) is 2.81. The molecule has 0 radical (unpaired) electrons. The van der Waals surface area contributed by atoms with Crippen LogP contribution in [0.1, 0.15) is 23.6 Å². The number of hydrogen-bond acceptors (Lipinski definition) is 5. The number of hydrogen-bond donors (Lipinski definition) is 0.